The number of halogens is 2. The van der Waals surface area contributed by atoms with Gasteiger partial charge in [0.2, 0.25) is 0 Å². The van der Waals surface area contributed by atoms with Crippen molar-refractivity contribution < 1.29 is 9.90 Å². The predicted octanol–water partition coefficient (Wildman–Crippen LogP) is 5.93. The van der Waals surface area contributed by atoms with Gasteiger partial charge in [-0.15, -0.1) is 11.3 Å². The van der Waals surface area contributed by atoms with E-state index in [1.165, 1.54) is 45.3 Å². The molecule has 2 aromatic carbocycles. The van der Waals surface area contributed by atoms with Crippen LogP contribution in [0.2, 0.25) is 0 Å². The Morgan fingerprint density at radius 1 is 1.18 bits per heavy atom. The summed E-state index contributed by atoms with van der Waals surface area (Å²) in [6.45, 7) is 2.13. The average molecular weight is 738 g/mol. The number of carbonyl (C=O) groups is 1. The van der Waals surface area contributed by atoms with E-state index in [0.717, 1.165) is 33.0 Å². The third kappa shape index (κ3) is 4.84. The summed E-state index contributed by atoms with van der Waals surface area (Å²) in [5.74, 6) is -0.674. The van der Waals surface area contributed by atoms with Crippen LogP contribution in [0.1, 0.15) is 43.2 Å². The lowest BCUT2D eigenvalue weighted by Gasteiger charge is -2.28. The number of fused-ring (bicyclic) bond motifs is 3. The molecule has 6 nitrogen and oxygen atoms in total. The van der Waals surface area contributed by atoms with Gasteiger partial charge in [-0.25, -0.2) is 0 Å². The van der Waals surface area contributed by atoms with Gasteiger partial charge in [-0.3, -0.25) is 14.2 Å². The van der Waals surface area contributed by atoms with Gasteiger partial charge < -0.3 is 14.9 Å². The second-order valence-corrected chi connectivity index (χ2v) is 14.7. The van der Waals surface area contributed by atoms with E-state index < -0.39 is 12.5 Å². The summed E-state index contributed by atoms with van der Waals surface area (Å²) in [4.78, 5) is 30.7. The summed E-state index contributed by atoms with van der Waals surface area (Å²) in [6.07, 6.45) is 5.29. The van der Waals surface area contributed by atoms with Crippen LogP contribution in [-0.2, 0) is 11.3 Å². The maximum atomic E-state index is 13.5. The highest BCUT2D eigenvalue weighted by atomic mass is 79.9. The number of aliphatic carboxylic acids is 1. The van der Waals surface area contributed by atoms with E-state index in [0.29, 0.717) is 41.9 Å². The van der Waals surface area contributed by atoms with Crippen molar-refractivity contribution in [1.29, 1.82) is 0 Å². The second kappa shape index (κ2) is 11.1. The highest BCUT2D eigenvalue weighted by Gasteiger charge is 2.43. The number of nitrogens with zero attached hydrogens (tertiary/aromatic N) is 3. The topological polar surface area (TPSA) is 65.8 Å². The Bertz CT molecular complexity index is 1770. The molecule has 0 amide bonds. The van der Waals surface area contributed by atoms with Crippen LogP contribution in [-0.4, -0.2) is 42.4 Å². The zero-order chi connectivity index (χ0) is 28.3. The lowest BCUT2D eigenvalue weighted by Crippen LogP contribution is -2.35. The van der Waals surface area contributed by atoms with E-state index in [1.54, 1.807) is 0 Å². The molecule has 3 heterocycles. The molecule has 3 aliphatic rings. The number of anilines is 2. The van der Waals surface area contributed by atoms with Crippen molar-refractivity contribution in [3.05, 3.63) is 76.0 Å². The fourth-order valence-electron chi connectivity index (χ4n) is 5.88. The summed E-state index contributed by atoms with van der Waals surface area (Å²) in [5, 5.41) is 9.57. The number of hydrogen-bond donors (Lipinski definition) is 1. The Morgan fingerprint density at radius 3 is 2.60 bits per heavy atom. The normalized spacial score (nSPS) is 21.9. The van der Waals surface area contributed by atoms with E-state index in [4.69, 9.17) is 24.4 Å². The van der Waals surface area contributed by atoms with Gasteiger partial charge in [-0.2, -0.15) is 0 Å². The average Bonchev–Trinajstić information content (AvgIpc) is 3.64. The Hall–Kier alpha value is -1.83. The van der Waals surface area contributed by atoms with Gasteiger partial charge in [0.1, 0.15) is 20.5 Å². The third-order valence-electron chi connectivity index (χ3n) is 7.53. The Kier molecular flexibility index (Phi) is 7.86. The van der Waals surface area contributed by atoms with Crippen LogP contribution in [0.5, 0.6) is 0 Å². The molecule has 12 heteroatoms. The van der Waals surface area contributed by atoms with Gasteiger partial charge in [0.25, 0.3) is 5.56 Å². The maximum absolute atomic E-state index is 13.5. The third-order valence-corrected chi connectivity index (χ3v) is 11.9. The molecule has 2 atom stereocenters. The van der Waals surface area contributed by atoms with E-state index >= 15 is 0 Å². The molecule has 6 rings (SSSR count). The first kappa shape index (κ1) is 28.3. The minimum atomic E-state index is -1.09. The fourth-order valence-corrected chi connectivity index (χ4v) is 10.1. The molecular weight excluding hydrogens is 714 g/mol. The standard InChI is InChI=1S/C28H23Br2N3O3S4/c1-2-31-26(37)24(40-28(31)38)27-32(13-22(34)35)25(36)21(39-27)12-14-10-18-17-4-3-5-20(17)33(23(18)19(30)11-14)16-8-6-15(29)7-9-16/h6-12,17,20H,2-5,13H2,1H3,(H,34,35)/t17-,20-/m0/s1. The van der Waals surface area contributed by atoms with Crippen LogP contribution in [0.15, 0.2) is 50.1 Å². The molecule has 2 fully saturated rings. The SMILES string of the molecule is CCN1C(=S)SC(=c2sc(=Cc3cc(Br)c4c(c3)[C@@H]3CCC[C@@H]3N4c3ccc(Br)cc3)c(=O)n2CC(=O)O)C1=S. The van der Waals surface area contributed by atoms with Crippen LogP contribution < -0.4 is 19.7 Å². The van der Waals surface area contributed by atoms with Gasteiger partial charge in [-0.1, -0.05) is 58.5 Å². The monoisotopic (exact) mass is 735 g/mol. The van der Waals surface area contributed by atoms with Crippen molar-refractivity contribution in [2.24, 2.45) is 0 Å². The lowest BCUT2D eigenvalue weighted by atomic mass is 9.96. The number of carboxylic acids is 1. The molecule has 1 N–H and O–H groups in total. The van der Waals surface area contributed by atoms with Gasteiger partial charge in [-0.05, 0) is 89.3 Å². The van der Waals surface area contributed by atoms with Gasteiger partial charge in [0.05, 0.1) is 15.1 Å². The number of benzene rings is 2. The largest absolute Gasteiger partial charge is 0.480 e. The summed E-state index contributed by atoms with van der Waals surface area (Å²) in [5.41, 5.74) is 4.18. The van der Waals surface area contributed by atoms with Crippen LogP contribution in [0, 0.1) is 0 Å². The number of thioether (sulfide) groups is 1. The van der Waals surface area contributed by atoms with Crippen LogP contribution in [0.3, 0.4) is 0 Å². The summed E-state index contributed by atoms with van der Waals surface area (Å²) < 4.78 is 4.93. The molecule has 1 aromatic heterocycles. The Morgan fingerprint density at radius 2 is 1.93 bits per heavy atom. The zero-order valence-corrected chi connectivity index (χ0v) is 27.7. The van der Waals surface area contributed by atoms with Crippen LogP contribution in [0.25, 0.3) is 11.0 Å². The van der Waals surface area contributed by atoms with Crippen molar-refractivity contribution >= 4 is 117 Å². The molecule has 206 valence electrons. The zero-order valence-electron chi connectivity index (χ0n) is 21.2. The van der Waals surface area contributed by atoms with Crippen LogP contribution in [0.4, 0.5) is 11.4 Å². The second-order valence-electron chi connectivity index (χ2n) is 9.84. The van der Waals surface area contributed by atoms with E-state index in [-0.39, 0.29) is 5.56 Å². The number of thiazole rings is 1. The summed E-state index contributed by atoms with van der Waals surface area (Å²) >= 11 is 21.1. The van der Waals surface area contributed by atoms with E-state index in [1.807, 2.05) is 24.0 Å². The Labute approximate surface area is 266 Å². The number of thiocarbonyl (C=S) groups is 2. The fraction of sp³-hybridized carbons (Fsp3) is 0.286. The number of hydrogen-bond acceptors (Lipinski definition) is 7. The molecule has 3 aromatic rings. The van der Waals surface area contributed by atoms with E-state index in [2.05, 4.69) is 67.1 Å². The number of rotatable bonds is 5. The molecule has 0 unspecified atom stereocenters. The van der Waals surface area contributed by atoms with Crippen molar-refractivity contribution in [2.75, 3.05) is 11.4 Å². The molecule has 0 radical (unpaired) electrons. The van der Waals surface area contributed by atoms with Gasteiger partial charge >= 0.3 is 5.97 Å². The first-order valence-corrected chi connectivity index (χ1v) is 16.8. The molecular formula is C28H23Br2N3O3S4. The van der Waals surface area contributed by atoms with Crippen LogP contribution >= 0.6 is 79.4 Å². The number of aromatic nitrogens is 1. The van der Waals surface area contributed by atoms with E-state index in [9.17, 15) is 14.7 Å². The first-order valence-electron chi connectivity index (χ1n) is 12.8. The lowest BCUT2D eigenvalue weighted by molar-refractivity contribution is -0.137. The first-order chi connectivity index (χ1) is 19.2. The van der Waals surface area contributed by atoms with Crippen molar-refractivity contribution in [3.63, 3.8) is 0 Å². The van der Waals surface area contributed by atoms with Gasteiger partial charge in [0, 0.05) is 33.1 Å². The van der Waals surface area contributed by atoms with Crippen molar-refractivity contribution in [2.45, 2.75) is 44.7 Å². The smallest absolute Gasteiger partial charge is 0.323 e. The highest BCUT2D eigenvalue weighted by Crippen LogP contribution is 2.55. The quantitative estimate of drug-likeness (QED) is 0.324. The predicted molar refractivity (Wildman–Crippen MR) is 178 cm³/mol. The molecule has 0 bridgehead atoms. The van der Waals surface area contributed by atoms with Crippen molar-refractivity contribution in [1.82, 2.24) is 9.47 Å². The molecule has 1 saturated heterocycles. The molecule has 1 saturated carbocycles. The van der Waals surface area contributed by atoms with Crippen molar-refractivity contribution in [3.8, 4) is 0 Å². The minimum Gasteiger partial charge on any atom is -0.480 e. The molecule has 0 spiro atoms. The molecule has 40 heavy (non-hydrogen) atoms. The maximum Gasteiger partial charge on any atom is 0.323 e. The minimum absolute atomic E-state index is 0.342. The van der Waals surface area contributed by atoms with Gasteiger partial charge in [0.15, 0.2) is 0 Å². The summed E-state index contributed by atoms with van der Waals surface area (Å²) in [7, 11) is 0. The highest BCUT2D eigenvalue weighted by molar-refractivity contribution is 9.10. The Balaban J connectivity index is 1.50. The summed E-state index contributed by atoms with van der Waals surface area (Å²) in [6, 6.07) is 13.1. The molecule has 2 aliphatic heterocycles. The molecule has 1 aliphatic carbocycles. The number of carboxylic acid groups (broad SMARTS) is 1.